The molecule has 4 nitrogen and oxygen atoms in total. The predicted octanol–water partition coefficient (Wildman–Crippen LogP) is 3.49. The molecule has 0 atom stereocenters. The fourth-order valence-electron chi connectivity index (χ4n) is 2.71. The summed E-state index contributed by atoms with van der Waals surface area (Å²) in [5, 5.41) is 0. The lowest BCUT2D eigenvalue weighted by molar-refractivity contribution is 0.585. The van der Waals surface area contributed by atoms with Gasteiger partial charge in [0.1, 0.15) is 5.52 Å². The molecule has 0 spiro atoms. The third-order valence-electron chi connectivity index (χ3n) is 3.73. The van der Waals surface area contributed by atoms with Crippen molar-refractivity contribution in [3.63, 3.8) is 0 Å². The van der Waals surface area contributed by atoms with Crippen molar-refractivity contribution < 1.29 is 4.42 Å². The van der Waals surface area contributed by atoms with E-state index in [9.17, 15) is 0 Å². The molecule has 0 bridgehead atoms. The molecule has 1 fully saturated rings. The van der Waals surface area contributed by atoms with Gasteiger partial charge in [-0.05, 0) is 31.0 Å². The van der Waals surface area contributed by atoms with E-state index < -0.39 is 0 Å². The smallest absolute Gasteiger partial charge is 0.298 e. The van der Waals surface area contributed by atoms with Gasteiger partial charge in [0.15, 0.2) is 5.58 Å². The molecular formula is C16H15N3O. The molecule has 0 radical (unpaired) electrons. The van der Waals surface area contributed by atoms with Crippen molar-refractivity contribution in [2.75, 3.05) is 18.0 Å². The van der Waals surface area contributed by atoms with Crippen LogP contribution in [0.1, 0.15) is 12.8 Å². The van der Waals surface area contributed by atoms with Crippen LogP contribution in [0.3, 0.4) is 0 Å². The number of pyridine rings is 1. The summed E-state index contributed by atoms with van der Waals surface area (Å²) in [5.74, 6) is 0. The van der Waals surface area contributed by atoms with E-state index in [-0.39, 0.29) is 0 Å². The summed E-state index contributed by atoms with van der Waals surface area (Å²) >= 11 is 0. The van der Waals surface area contributed by atoms with Crippen molar-refractivity contribution in [3.8, 4) is 11.3 Å². The highest BCUT2D eigenvalue weighted by Crippen LogP contribution is 2.31. The van der Waals surface area contributed by atoms with Crippen molar-refractivity contribution in [2.24, 2.45) is 0 Å². The first-order valence-electron chi connectivity index (χ1n) is 6.98. The van der Waals surface area contributed by atoms with Gasteiger partial charge in [-0.25, -0.2) is 0 Å². The van der Waals surface area contributed by atoms with Gasteiger partial charge in [-0.1, -0.05) is 18.2 Å². The summed E-state index contributed by atoms with van der Waals surface area (Å²) < 4.78 is 5.90. The Labute approximate surface area is 117 Å². The van der Waals surface area contributed by atoms with Crippen LogP contribution in [0.5, 0.6) is 0 Å². The van der Waals surface area contributed by atoms with Crippen LogP contribution in [0.15, 0.2) is 47.0 Å². The van der Waals surface area contributed by atoms with E-state index in [0.717, 1.165) is 41.5 Å². The quantitative estimate of drug-likeness (QED) is 0.711. The molecule has 1 aliphatic heterocycles. The summed E-state index contributed by atoms with van der Waals surface area (Å²) in [4.78, 5) is 11.3. The summed E-state index contributed by atoms with van der Waals surface area (Å²) in [6, 6.07) is 12.6. The molecule has 0 saturated carbocycles. The fraction of sp³-hybridized carbons (Fsp3) is 0.250. The summed E-state index contributed by atoms with van der Waals surface area (Å²) in [6.45, 7) is 2.07. The minimum Gasteiger partial charge on any atom is -0.423 e. The Hall–Kier alpha value is -2.36. The highest BCUT2D eigenvalue weighted by Gasteiger charge is 2.19. The van der Waals surface area contributed by atoms with Crippen LogP contribution in [0, 0.1) is 0 Å². The van der Waals surface area contributed by atoms with Gasteiger partial charge in [0.05, 0.1) is 5.69 Å². The molecule has 1 aliphatic rings. The molecule has 0 amide bonds. The fourth-order valence-corrected chi connectivity index (χ4v) is 2.71. The number of nitrogens with zero attached hydrogens (tertiary/aromatic N) is 3. The summed E-state index contributed by atoms with van der Waals surface area (Å²) in [5.41, 5.74) is 3.68. The molecule has 4 rings (SSSR count). The summed E-state index contributed by atoms with van der Waals surface area (Å²) in [7, 11) is 0. The first kappa shape index (κ1) is 11.5. The van der Waals surface area contributed by atoms with E-state index in [4.69, 9.17) is 9.40 Å². The van der Waals surface area contributed by atoms with Gasteiger partial charge in [-0.15, -0.1) is 0 Å². The normalized spacial score (nSPS) is 15.1. The second kappa shape index (κ2) is 4.63. The van der Waals surface area contributed by atoms with Gasteiger partial charge >= 0.3 is 0 Å². The van der Waals surface area contributed by atoms with E-state index in [0.29, 0.717) is 0 Å². The van der Waals surface area contributed by atoms with Gasteiger partial charge in [-0.3, -0.25) is 4.98 Å². The largest absolute Gasteiger partial charge is 0.423 e. The van der Waals surface area contributed by atoms with Crippen LogP contribution >= 0.6 is 0 Å². The van der Waals surface area contributed by atoms with Gasteiger partial charge in [0.2, 0.25) is 0 Å². The average molecular weight is 265 g/mol. The van der Waals surface area contributed by atoms with Gasteiger partial charge in [-0.2, -0.15) is 4.98 Å². The molecule has 3 heterocycles. The monoisotopic (exact) mass is 265 g/mol. The maximum Gasteiger partial charge on any atom is 0.298 e. The SMILES string of the molecule is c1ccc(-c2cccc3oc(N4CCCC4)nc23)nc1. The Balaban J connectivity index is 1.85. The number of hydrogen-bond donors (Lipinski definition) is 0. The third kappa shape index (κ3) is 1.84. The highest BCUT2D eigenvalue weighted by atomic mass is 16.4. The molecule has 4 heteroatoms. The van der Waals surface area contributed by atoms with Crippen LogP contribution in [-0.2, 0) is 0 Å². The molecule has 100 valence electrons. The number of anilines is 1. The third-order valence-corrected chi connectivity index (χ3v) is 3.73. The van der Waals surface area contributed by atoms with E-state index in [2.05, 4.69) is 9.88 Å². The zero-order chi connectivity index (χ0) is 13.4. The van der Waals surface area contributed by atoms with Crippen molar-refractivity contribution in [1.29, 1.82) is 0 Å². The van der Waals surface area contributed by atoms with Crippen LogP contribution in [-0.4, -0.2) is 23.1 Å². The van der Waals surface area contributed by atoms with Crippen molar-refractivity contribution in [2.45, 2.75) is 12.8 Å². The number of hydrogen-bond acceptors (Lipinski definition) is 4. The maximum atomic E-state index is 5.90. The zero-order valence-electron chi connectivity index (χ0n) is 11.1. The Kier molecular flexibility index (Phi) is 2.66. The lowest BCUT2D eigenvalue weighted by atomic mass is 10.1. The Bertz CT molecular complexity index is 730. The predicted molar refractivity (Wildman–Crippen MR) is 78.7 cm³/mol. The highest BCUT2D eigenvalue weighted by molar-refractivity contribution is 5.90. The minimum atomic E-state index is 0.737. The Morgan fingerprint density at radius 1 is 1.00 bits per heavy atom. The van der Waals surface area contributed by atoms with E-state index in [1.165, 1.54) is 12.8 Å². The number of benzene rings is 1. The number of rotatable bonds is 2. The molecule has 1 aromatic carbocycles. The number of aromatic nitrogens is 2. The van der Waals surface area contributed by atoms with E-state index in [1.54, 1.807) is 6.20 Å². The first-order chi connectivity index (χ1) is 9.92. The molecule has 1 saturated heterocycles. The number of fused-ring (bicyclic) bond motifs is 1. The van der Waals surface area contributed by atoms with E-state index in [1.807, 2.05) is 36.4 Å². The van der Waals surface area contributed by atoms with Gasteiger partial charge in [0, 0.05) is 24.8 Å². The van der Waals surface area contributed by atoms with E-state index >= 15 is 0 Å². The Morgan fingerprint density at radius 3 is 2.70 bits per heavy atom. The van der Waals surface area contributed by atoms with Crippen LogP contribution < -0.4 is 4.90 Å². The molecular weight excluding hydrogens is 250 g/mol. The van der Waals surface area contributed by atoms with Crippen LogP contribution in [0.4, 0.5) is 6.01 Å². The minimum absolute atomic E-state index is 0.737. The molecule has 3 aromatic rings. The van der Waals surface area contributed by atoms with Gasteiger partial charge in [0.25, 0.3) is 6.01 Å². The topological polar surface area (TPSA) is 42.2 Å². The maximum absolute atomic E-state index is 5.90. The average Bonchev–Trinajstić information content (AvgIpc) is 3.16. The zero-order valence-corrected chi connectivity index (χ0v) is 11.1. The molecule has 2 aromatic heterocycles. The van der Waals surface area contributed by atoms with Crippen LogP contribution in [0.25, 0.3) is 22.4 Å². The molecule has 0 N–H and O–H groups in total. The van der Waals surface area contributed by atoms with Crippen molar-refractivity contribution in [3.05, 3.63) is 42.6 Å². The standard InChI is InChI=1S/C16H15N3O/c1-2-9-17-13(7-1)12-6-5-8-14-15(12)18-16(20-14)19-10-3-4-11-19/h1-2,5-9H,3-4,10-11H2. The second-order valence-electron chi connectivity index (χ2n) is 5.06. The molecule has 20 heavy (non-hydrogen) atoms. The molecule has 0 aliphatic carbocycles. The van der Waals surface area contributed by atoms with Crippen LogP contribution in [0.2, 0.25) is 0 Å². The number of para-hydroxylation sites is 1. The van der Waals surface area contributed by atoms with Crippen molar-refractivity contribution in [1.82, 2.24) is 9.97 Å². The first-order valence-corrected chi connectivity index (χ1v) is 6.98. The second-order valence-corrected chi connectivity index (χ2v) is 5.06. The lowest BCUT2D eigenvalue weighted by Crippen LogP contribution is -2.17. The Morgan fingerprint density at radius 2 is 1.90 bits per heavy atom. The van der Waals surface area contributed by atoms with Gasteiger partial charge < -0.3 is 9.32 Å². The number of oxazole rings is 1. The van der Waals surface area contributed by atoms with Crippen molar-refractivity contribution >= 4 is 17.1 Å². The molecule has 0 unspecified atom stereocenters. The summed E-state index contributed by atoms with van der Waals surface area (Å²) in [6.07, 6.45) is 4.23. The lowest BCUT2D eigenvalue weighted by Gasteiger charge is -2.10.